The molecule has 4 heteroatoms. The second-order valence-electron chi connectivity index (χ2n) is 1.66. The fourth-order valence-electron chi connectivity index (χ4n) is 0.233. The molecule has 0 heterocycles. The van der Waals surface area contributed by atoms with Crippen LogP contribution in [0.5, 0.6) is 0 Å². The van der Waals surface area contributed by atoms with Crippen molar-refractivity contribution in [1.82, 2.24) is 0 Å². The summed E-state index contributed by atoms with van der Waals surface area (Å²) in [7, 11) is 0. The Labute approximate surface area is 70.4 Å². The van der Waals surface area contributed by atoms with E-state index >= 15 is 0 Å². The summed E-state index contributed by atoms with van der Waals surface area (Å²) in [4.78, 5) is 0. The molecule has 0 radical (unpaired) electrons. The average molecular weight is 197 g/mol. The van der Waals surface area contributed by atoms with E-state index in [1.54, 1.807) is 0 Å². The Morgan fingerprint density at radius 1 is 1.70 bits per heavy atom. The molecular weight excluding hydrogens is 190 g/mol. The van der Waals surface area contributed by atoms with Gasteiger partial charge in [0.2, 0.25) is 0 Å². The Bertz CT molecular complexity index is 230. The van der Waals surface area contributed by atoms with Crippen molar-refractivity contribution in [2.24, 2.45) is 0 Å². The molecule has 56 valence electrons. The number of halogens is 2. The van der Waals surface area contributed by atoms with E-state index in [4.69, 9.17) is 22.5 Å². The van der Waals surface area contributed by atoms with Crippen LogP contribution in [0, 0.1) is 11.6 Å². The van der Waals surface area contributed by atoms with Crippen molar-refractivity contribution in [3.8, 4) is 11.6 Å². The Morgan fingerprint density at radius 2 is 2.20 bits per heavy atom. The summed E-state index contributed by atoms with van der Waals surface area (Å²) >= 11 is 10.3. The van der Waals surface area contributed by atoms with Crippen LogP contribution in [0.1, 0.15) is 13.3 Å². The largest absolute Gasteiger partial charge is 0.323 e. The second-order valence-corrected chi connectivity index (χ2v) is 6.18. The molecule has 0 rings (SSSR count). The van der Waals surface area contributed by atoms with Crippen molar-refractivity contribution in [3.63, 3.8) is 0 Å². The molecule has 10 heavy (non-hydrogen) atoms. The van der Waals surface area contributed by atoms with E-state index in [1.807, 2.05) is 6.92 Å². The van der Waals surface area contributed by atoms with Crippen LogP contribution in [-0.2, 0) is 4.57 Å². The van der Waals surface area contributed by atoms with Crippen molar-refractivity contribution >= 4 is 28.3 Å². The lowest BCUT2D eigenvalue weighted by Gasteiger charge is -1.86. The van der Waals surface area contributed by atoms with E-state index in [0.29, 0.717) is 5.57 Å². The first-order chi connectivity index (χ1) is 4.45. The normalized spacial score (nSPS) is 9.90. The van der Waals surface area contributed by atoms with Gasteiger partial charge in [0, 0.05) is 0 Å². The van der Waals surface area contributed by atoms with Gasteiger partial charge in [-0.1, -0.05) is 19.4 Å². The molecule has 0 unspecified atom stereocenters. The predicted octanol–water partition coefficient (Wildman–Crippen LogP) is 3.58. The minimum Gasteiger partial charge on any atom is -0.275 e. The van der Waals surface area contributed by atoms with Gasteiger partial charge in [-0.05, 0) is 40.1 Å². The maximum atomic E-state index is 10.6. The predicted molar refractivity (Wildman–Crippen MR) is 46.5 cm³/mol. The number of hydrogen-bond acceptors (Lipinski definition) is 1. The molecule has 0 aromatic heterocycles. The molecular formula is C6H7Cl2OP. The molecule has 0 spiro atoms. The first kappa shape index (κ1) is 10.1. The monoisotopic (exact) mass is 196 g/mol. The van der Waals surface area contributed by atoms with Crippen molar-refractivity contribution < 1.29 is 4.57 Å². The Morgan fingerprint density at radius 3 is 2.50 bits per heavy atom. The Kier molecular flexibility index (Phi) is 4.13. The van der Waals surface area contributed by atoms with Crippen molar-refractivity contribution in [2.75, 3.05) is 0 Å². The fraction of sp³-hybridized carbons (Fsp3) is 0.333. The summed E-state index contributed by atoms with van der Waals surface area (Å²) in [6.07, 6.45) is 0.723. The van der Waals surface area contributed by atoms with Gasteiger partial charge in [0.15, 0.2) is 0 Å². The molecule has 0 aliphatic heterocycles. The molecule has 0 aliphatic rings. The third-order valence-electron chi connectivity index (χ3n) is 0.790. The van der Waals surface area contributed by atoms with Crippen LogP contribution in [0.15, 0.2) is 12.2 Å². The maximum absolute atomic E-state index is 10.6. The van der Waals surface area contributed by atoms with Crippen LogP contribution < -0.4 is 0 Å². The summed E-state index contributed by atoms with van der Waals surface area (Å²) in [5.74, 6) is -0.709. The maximum Gasteiger partial charge on any atom is 0.323 e. The summed E-state index contributed by atoms with van der Waals surface area (Å²) in [6.45, 7) is 5.46. The fourth-order valence-corrected chi connectivity index (χ4v) is 0.774. The van der Waals surface area contributed by atoms with Gasteiger partial charge in [-0.3, -0.25) is 4.57 Å². The molecule has 0 aliphatic carbocycles. The second kappa shape index (κ2) is 4.09. The zero-order valence-electron chi connectivity index (χ0n) is 5.53. The summed E-state index contributed by atoms with van der Waals surface area (Å²) < 4.78 is 10.6. The van der Waals surface area contributed by atoms with Crippen molar-refractivity contribution in [1.29, 1.82) is 0 Å². The Hall–Kier alpha value is 0.110. The van der Waals surface area contributed by atoms with Crippen molar-refractivity contribution in [3.05, 3.63) is 12.2 Å². The number of rotatable bonds is 1. The van der Waals surface area contributed by atoms with Crippen LogP contribution in [0.25, 0.3) is 0 Å². The highest BCUT2D eigenvalue weighted by Gasteiger charge is 2.06. The minimum absolute atomic E-state index is 0.682. The molecule has 0 N–H and O–H groups in total. The van der Waals surface area contributed by atoms with Crippen LogP contribution in [-0.4, -0.2) is 0 Å². The zero-order valence-corrected chi connectivity index (χ0v) is 7.93. The summed E-state index contributed by atoms with van der Waals surface area (Å²) in [5.41, 5.74) is 2.89. The zero-order chi connectivity index (χ0) is 8.20. The van der Waals surface area contributed by atoms with Crippen LogP contribution in [0.4, 0.5) is 0 Å². The summed E-state index contributed by atoms with van der Waals surface area (Å²) in [6, 6.07) is 0. The van der Waals surface area contributed by atoms with Gasteiger partial charge in [0.1, 0.15) is 0 Å². The van der Waals surface area contributed by atoms with Gasteiger partial charge in [-0.15, -0.1) is 0 Å². The average Bonchev–Trinajstić information content (AvgIpc) is 1.81. The van der Waals surface area contributed by atoms with Gasteiger partial charge in [0.05, 0.1) is 0 Å². The van der Waals surface area contributed by atoms with Gasteiger partial charge in [-0.2, -0.15) is 0 Å². The topological polar surface area (TPSA) is 17.1 Å². The molecule has 1 nitrogen and oxygen atoms in total. The molecule has 0 atom stereocenters. The standard InChI is InChI=1S/C6H7Cl2OP/c1-3-6(2)4-5-10(7,8)9/h2-3H2,1H3. The van der Waals surface area contributed by atoms with Crippen LogP contribution in [0.3, 0.4) is 0 Å². The first-order valence-corrected chi connectivity index (χ1v) is 6.18. The van der Waals surface area contributed by atoms with Crippen LogP contribution >= 0.6 is 28.3 Å². The highest BCUT2D eigenvalue weighted by molar-refractivity contribution is 8.11. The number of allylic oxidation sites excluding steroid dienone is 1. The third kappa shape index (κ3) is 6.23. The SMILES string of the molecule is C=C(C#CP(=O)(Cl)Cl)CC. The van der Waals surface area contributed by atoms with Gasteiger partial charge in [0.25, 0.3) is 0 Å². The van der Waals surface area contributed by atoms with Gasteiger partial charge in [-0.25, -0.2) is 0 Å². The lowest BCUT2D eigenvalue weighted by Crippen LogP contribution is -1.67. The highest BCUT2D eigenvalue weighted by Crippen LogP contribution is 2.55. The summed E-state index contributed by atoms with van der Waals surface area (Å²) in [5, 5.41) is 0. The van der Waals surface area contributed by atoms with Gasteiger partial charge >= 0.3 is 5.85 Å². The molecule has 0 amide bonds. The van der Waals surface area contributed by atoms with Gasteiger partial charge < -0.3 is 0 Å². The van der Waals surface area contributed by atoms with E-state index in [0.717, 1.165) is 6.42 Å². The van der Waals surface area contributed by atoms with E-state index in [2.05, 4.69) is 18.2 Å². The smallest absolute Gasteiger partial charge is 0.275 e. The quantitative estimate of drug-likeness (QED) is 0.463. The van der Waals surface area contributed by atoms with Crippen LogP contribution in [0.2, 0.25) is 0 Å². The molecule has 0 bridgehead atoms. The molecule has 0 fully saturated rings. The molecule has 0 saturated carbocycles. The van der Waals surface area contributed by atoms with E-state index in [9.17, 15) is 4.57 Å². The van der Waals surface area contributed by atoms with E-state index < -0.39 is 5.85 Å². The Balaban J connectivity index is 4.19. The van der Waals surface area contributed by atoms with E-state index in [1.165, 1.54) is 0 Å². The lowest BCUT2D eigenvalue weighted by atomic mass is 10.3. The number of hydrogen-bond donors (Lipinski definition) is 0. The first-order valence-electron chi connectivity index (χ1n) is 2.66. The third-order valence-corrected chi connectivity index (χ3v) is 1.67. The molecule has 0 aromatic carbocycles. The lowest BCUT2D eigenvalue weighted by molar-refractivity contribution is 0.598. The van der Waals surface area contributed by atoms with E-state index in [-0.39, 0.29) is 0 Å². The van der Waals surface area contributed by atoms with Crippen molar-refractivity contribution in [2.45, 2.75) is 13.3 Å². The minimum atomic E-state index is -3.21. The molecule has 0 aromatic rings. The molecule has 0 saturated heterocycles. The highest BCUT2D eigenvalue weighted by atomic mass is 35.9.